The van der Waals surface area contributed by atoms with E-state index in [1.807, 2.05) is 30.3 Å². The highest BCUT2D eigenvalue weighted by atomic mass is 16.4. The Hall–Kier alpha value is -4.45. The third-order valence-electron chi connectivity index (χ3n) is 5.69. The van der Waals surface area contributed by atoms with Gasteiger partial charge in [0.05, 0.1) is 6.04 Å². The molecule has 9 N–H and O–H groups in total. The molecular formula is C26H33N5O7. The molecule has 0 fully saturated rings. The zero-order chi connectivity index (χ0) is 28.2. The lowest BCUT2D eigenvalue weighted by Gasteiger charge is -2.25. The maximum absolute atomic E-state index is 13.3. The van der Waals surface area contributed by atoms with Gasteiger partial charge in [0.1, 0.15) is 23.9 Å². The number of primary amides is 1. The highest BCUT2D eigenvalue weighted by Crippen LogP contribution is 2.12. The van der Waals surface area contributed by atoms with Crippen molar-refractivity contribution in [1.82, 2.24) is 16.0 Å². The minimum Gasteiger partial charge on any atom is -0.508 e. The van der Waals surface area contributed by atoms with E-state index in [2.05, 4.69) is 16.0 Å². The summed E-state index contributed by atoms with van der Waals surface area (Å²) in [5.74, 6) is -4.19. The SMILES string of the molecule is C[C@H](NC(=O)[C@H](CCC(N)=O)NC(=O)[C@H](Cc1ccc(O)cc1)NC(=O)[C@@H](N)Cc1ccccc1)C(=O)O. The van der Waals surface area contributed by atoms with Crippen LogP contribution >= 0.6 is 0 Å². The summed E-state index contributed by atoms with van der Waals surface area (Å²) in [5, 5.41) is 26.0. The molecule has 0 unspecified atom stereocenters. The van der Waals surface area contributed by atoms with Crippen molar-refractivity contribution in [2.75, 3.05) is 0 Å². The third-order valence-corrected chi connectivity index (χ3v) is 5.69. The van der Waals surface area contributed by atoms with Crippen molar-refractivity contribution in [2.24, 2.45) is 11.5 Å². The van der Waals surface area contributed by atoms with Crippen LogP contribution in [0, 0.1) is 0 Å². The van der Waals surface area contributed by atoms with Crippen LogP contribution < -0.4 is 27.4 Å². The predicted molar refractivity (Wildman–Crippen MR) is 137 cm³/mol. The summed E-state index contributed by atoms with van der Waals surface area (Å²) in [6, 6.07) is 10.3. The quantitative estimate of drug-likeness (QED) is 0.167. The van der Waals surface area contributed by atoms with Crippen molar-refractivity contribution in [3.8, 4) is 5.75 Å². The van der Waals surface area contributed by atoms with Crippen LogP contribution in [0.4, 0.5) is 0 Å². The number of phenolic OH excluding ortho intramolecular Hbond substituents is 1. The van der Waals surface area contributed by atoms with Crippen molar-refractivity contribution in [2.45, 2.75) is 56.8 Å². The minimum absolute atomic E-state index is 0.00834. The first-order valence-corrected chi connectivity index (χ1v) is 12.0. The Morgan fingerprint density at radius 1 is 0.789 bits per heavy atom. The van der Waals surface area contributed by atoms with E-state index < -0.39 is 53.8 Å². The lowest BCUT2D eigenvalue weighted by Crippen LogP contribution is -2.57. The fourth-order valence-electron chi connectivity index (χ4n) is 3.52. The average Bonchev–Trinajstić information content (AvgIpc) is 2.87. The van der Waals surface area contributed by atoms with E-state index in [1.54, 1.807) is 12.1 Å². The lowest BCUT2D eigenvalue weighted by atomic mass is 10.0. The van der Waals surface area contributed by atoms with Crippen LogP contribution in [0.1, 0.15) is 30.9 Å². The molecule has 2 aromatic carbocycles. The number of carboxylic acid groups (broad SMARTS) is 1. The summed E-state index contributed by atoms with van der Waals surface area (Å²) >= 11 is 0. The molecule has 0 aliphatic heterocycles. The molecule has 0 bridgehead atoms. The second kappa shape index (κ2) is 14.3. The molecule has 38 heavy (non-hydrogen) atoms. The van der Waals surface area contributed by atoms with Crippen LogP contribution in [-0.4, -0.2) is 64.0 Å². The summed E-state index contributed by atoms with van der Waals surface area (Å²) in [6.07, 6.45) is -0.230. The first-order valence-electron chi connectivity index (χ1n) is 12.0. The number of carbonyl (C=O) groups is 5. The van der Waals surface area contributed by atoms with E-state index in [0.29, 0.717) is 5.56 Å². The fraction of sp³-hybridized carbons (Fsp3) is 0.346. The molecule has 0 aromatic heterocycles. The molecule has 0 aliphatic carbocycles. The largest absolute Gasteiger partial charge is 0.508 e. The monoisotopic (exact) mass is 527 g/mol. The van der Waals surface area contributed by atoms with Gasteiger partial charge in [-0.25, -0.2) is 0 Å². The smallest absolute Gasteiger partial charge is 0.325 e. The van der Waals surface area contributed by atoms with Crippen LogP contribution in [0.3, 0.4) is 0 Å². The second-order valence-electron chi connectivity index (χ2n) is 8.86. The van der Waals surface area contributed by atoms with E-state index in [4.69, 9.17) is 16.6 Å². The molecule has 0 spiro atoms. The van der Waals surface area contributed by atoms with Crippen molar-refractivity contribution in [3.63, 3.8) is 0 Å². The van der Waals surface area contributed by atoms with Crippen molar-refractivity contribution in [1.29, 1.82) is 0 Å². The number of carboxylic acids is 1. The molecular weight excluding hydrogens is 494 g/mol. The standard InChI is InChI=1S/C26H33N5O7/c1-15(26(37)38)29-24(35)20(11-12-22(28)33)30-25(36)21(14-17-7-9-18(32)10-8-17)31-23(34)19(27)13-16-5-3-2-4-6-16/h2-10,15,19-21,32H,11-14,27H2,1H3,(H2,28,33)(H,29,35)(H,30,36)(H,31,34)(H,37,38)/t15-,19-,20-,21-/m0/s1. The van der Waals surface area contributed by atoms with Crippen LogP contribution in [0.5, 0.6) is 5.75 Å². The van der Waals surface area contributed by atoms with E-state index >= 15 is 0 Å². The van der Waals surface area contributed by atoms with Crippen molar-refractivity contribution in [3.05, 3.63) is 65.7 Å². The summed E-state index contributed by atoms with van der Waals surface area (Å²) in [5.41, 5.74) is 12.7. The van der Waals surface area contributed by atoms with Gasteiger partial charge in [-0.15, -0.1) is 0 Å². The van der Waals surface area contributed by atoms with Gasteiger partial charge in [0.2, 0.25) is 23.6 Å². The number of nitrogens with one attached hydrogen (secondary N) is 3. The highest BCUT2D eigenvalue weighted by Gasteiger charge is 2.30. The number of phenols is 1. The van der Waals surface area contributed by atoms with E-state index in [0.717, 1.165) is 5.56 Å². The third kappa shape index (κ3) is 9.90. The molecule has 4 amide bonds. The number of hydrogen-bond donors (Lipinski definition) is 7. The molecule has 4 atom stereocenters. The average molecular weight is 528 g/mol. The first-order chi connectivity index (χ1) is 18.0. The number of amides is 4. The summed E-state index contributed by atoms with van der Waals surface area (Å²) in [6.45, 7) is 1.25. The van der Waals surface area contributed by atoms with Gasteiger partial charge >= 0.3 is 5.97 Å². The highest BCUT2D eigenvalue weighted by molar-refractivity contribution is 5.94. The van der Waals surface area contributed by atoms with Gasteiger partial charge in [0.15, 0.2) is 0 Å². The number of carbonyl (C=O) groups excluding carboxylic acids is 4. The Labute approximate surface area is 219 Å². The number of nitrogens with two attached hydrogens (primary N) is 2. The fourth-order valence-corrected chi connectivity index (χ4v) is 3.52. The Bertz CT molecular complexity index is 1120. The molecule has 0 radical (unpaired) electrons. The second-order valence-corrected chi connectivity index (χ2v) is 8.86. The van der Waals surface area contributed by atoms with Crippen LogP contribution in [0.15, 0.2) is 54.6 Å². The van der Waals surface area contributed by atoms with Gasteiger partial charge < -0.3 is 37.6 Å². The first kappa shape index (κ1) is 29.8. The van der Waals surface area contributed by atoms with Gasteiger partial charge in [0, 0.05) is 12.8 Å². The van der Waals surface area contributed by atoms with Gasteiger partial charge in [0.25, 0.3) is 0 Å². The molecule has 12 nitrogen and oxygen atoms in total. The maximum Gasteiger partial charge on any atom is 0.325 e. The number of benzene rings is 2. The Morgan fingerprint density at radius 2 is 1.34 bits per heavy atom. The zero-order valence-electron chi connectivity index (χ0n) is 20.9. The van der Waals surface area contributed by atoms with Crippen LogP contribution in [0.25, 0.3) is 0 Å². The van der Waals surface area contributed by atoms with Gasteiger partial charge in [-0.05, 0) is 43.0 Å². The van der Waals surface area contributed by atoms with Gasteiger partial charge in [-0.1, -0.05) is 42.5 Å². The molecule has 2 aromatic rings. The molecule has 0 aliphatic rings. The van der Waals surface area contributed by atoms with Crippen LogP contribution in [-0.2, 0) is 36.8 Å². The van der Waals surface area contributed by atoms with Crippen molar-refractivity contribution < 1.29 is 34.2 Å². The zero-order valence-corrected chi connectivity index (χ0v) is 20.9. The van der Waals surface area contributed by atoms with Gasteiger partial charge in [-0.2, -0.15) is 0 Å². The summed E-state index contributed by atoms with van der Waals surface area (Å²) < 4.78 is 0. The van der Waals surface area contributed by atoms with E-state index in [1.165, 1.54) is 19.1 Å². The molecule has 12 heteroatoms. The number of rotatable bonds is 14. The predicted octanol–water partition coefficient (Wildman–Crippen LogP) is -0.671. The summed E-state index contributed by atoms with van der Waals surface area (Å²) in [7, 11) is 0. The topological polar surface area (TPSA) is 214 Å². The maximum atomic E-state index is 13.3. The molecule has 0 saturated heterocycles. The number of aliphatic carboxylic acids is 1. The molecule has 0 heterocycles. The Kier molecular flexibility index (Phi) is 11.2. The molecule has 2 rings (SSSR count). The number of aromatic hydroxyl groups is 1. The minimum atomic E-state index is -1.30. The Balaban J connectivity index is 2.22. The Morgan fingerprint density at radius 3 is 1.92 bits per heavy atom. The van der Waals surface area contributed by atoms with E-state index in [9.17, 15) is 29.1 Å². The molecule has 0 saturated carbocycles. The number of hydrogen-bond acceptors (Lipinski definition) is 7. The lowest BCUT2D eigenvalue weighted by molar-refractivity contribution is -0.142. The summed E-state index contributed by atoms with van der Waals surface area (Å²) in [4.78, 5) is 61.3. The molecule has 204 valence electrons. The van der Waals surface area contributed by atoms with E-state index in [-0.39, 0.29) is 31.4 Å². The van der Waals surface area contributed by atoms with Crippen molar-refractivity contribution >= 4 is 29.6 Å². The van der Waals surface area contributed by atoms with Crippen LogP contribution in [0.2, 0.25) is 0 Å². The normalized spacial score (nSPS) is 13.8. The van der Waals surface area contributed by atoms with Gasteiger partial charge in [-0.3, -0.25) is 24.0 Å².